The third-order valence-electron chi connectivity index (χ3n) is 2.79. The minimum Gasteiger partial charge on any atom is -0.496 e. The molecule has 0 aliphatic carbocycles. The van der Waals surface area contributed by atoms with E-state index >= 15 is 0 Å². The fraction of sp³-hybridized carbons (Fsp3) is 0.250. The number of rotatable bonds is 2. The second-order valence-electron chi connectivity index (χ2n) is 3.65. The number of hydrogen-bond donors (Lipinski definition) is 1. The lowest BCUT2D eigenvalue weighted by Crippen LogP contribution is -1.92. The van der Waals surface area contributed by atoms with Gasteiger partial charge < -0.3 is 9.72 Å². The van der Waals surface area contributed by atoms with Gasteiger partial charge in [-0.05, 0) is 48.7 Å². The predicted octanol–water partition coefficient (Wildman–Crippen LogP) is 3.36. The van der Waals surface area contributed by atoms with Gasteiger partial charge in [-0.25, -0.2) is 4.98 Å². The van der Waals surface area contributed by atoms with Crippen molar-refractivity contribution in [2.24, 2.45) is 0 Å². The van der Waals surface area contributed by atoms with Gasteiger partial charge in [0.05, 0.1) is 19.0 Å². The first-order valence-electron chi connectivity index (χ1n) is 4.98. The van der Waals surface area contributed by atoms with Crippen LogP contribution in [0.15, 0.2) is 18.3 Å². The maximum absolute atomic E-state index is 5.77. The van der Waals surface area contributed by atoms with E-state index in [0.717, 1.165) is 22.6 Å². The average Bonchev–Trinajstić information content (AvgIpc) is 2.69. The van der Waals surface area contributed by atoms with Crippen LogP contribution in [0.25, 0.3) is 11.3 Å². The Bertz CT molecular complexity index is 520. The molecule has 0 spiro atoms. The minimum absolute atomic E-state index is 0.405. The molecule has 0 unspecified atom stereocenters. The second kappa shape index (κ2) is 4.18. The van der Waals surface area contributed by atoms with Gasteiger partial charge in [-0.1, -0.05) is 0 Å². The van der Waals surface area contributed by atoms with Gasteiger partial charge in [0.25, 0.3) is 0 Å². The number of nitrogens with one attached hydrogen (secondary N) is 1. The summed E-state index contributed by atoms with van der Waals surface area (Å²) in [7, 11) is 1.68. The molecular formula is C12H13ClN2O. The molecule has 0 atom stereocenters. The van der Waals surface area contributed by atoms with Crippen LogP contribution in [-0.4, -0.2) is 17.1 Å². The maximum Gasteiger partial charge on any atom is 0.200 e. The number of nitrogens with zero attached hydrogens (tertiary/aromatic N) is 1. The van der Waals surface area contributed by atoms with E-state index in [9.17, 15) is 0 Å². The van der Waals surface area contributed by atoms with E-state index in [1.807, 2.05) is 19.1 Å². The van der Waals surface area contributed by atoms with Crippen molar-refractivity contribution in [1.82, 2.24) is 9.97 Å². The zero-order valence-corrected chi connectivity index (χ0v) is 10.2. The van der Waals surface area contributed by atoms with Crippen molar-refractivity contribution in [3.8, 4) is 17.0 Å². The molecule has 0 aliphatic rings. The Morgan fingerprint density at radius 1 is 1.25 bits per heavy atom. The lowest BCUT2D eigenvalue weighted by Gasteiger charge is -2.11. The molecule has 0 aliphatic heterocycles. The molecule has 1 aromatic heterocycles. The van der Waals surface area contributed by atoms with E-state index in [2.05, 4.69) is 16.9 Å². The van der Waals surface area contributed by atoms with Crippen molar-refractivity contribution in [2.45, 2.75) is 13.8 Å². The third-order valence-corrected chi connectivity index (χ3v) is 2.98. The first kappa shape index (κ1) is 11.0. The highest BCUT2D eigenvalue weighted by molar-refractivity contribution is 6.28. The molecule has 0 saturated carbocycles. The van der Waals surface area contributed by atoms with Crippen LogP contribution in [0.2, 0.25) is 5.28 Å². The smallest absolute Gasteiger partial charge is 0.200 e. The third kappa shape index (κ3) is 1.78. The molecule has 0 amide bonds. The highest BCUT2D eigenvalue weighted by atomic mass is 35.5. The Morgan fingerprint density at radius 3 is 2.56 bits per heavy atom. The molecule has 1 aromatic carbocycles. The average molecular weight is 237 g/mol. The Morgan fingerprint density at radius 2 is 2.00 bits per heavy atom. The molecule has 2 aromatic rings. The molecule has 0 bridgehead atoms. The summed E-state index contributed by atoms with van der Waals surface area (Å²) in [5.74, 6) is 0.895. The molecule has 0 fully saturated rings. The summed E-state index contributed by atoms with van der Waals surface area (Å²) in [6, 6.07) is 3.96. The highest BCUT2D eigenvalue weighted by Crippen LogP contribution is 2.30. The summed E-state index contributed by atoms with van der Waals surface area (Å²) in [5.41, 5.74) is 4.32. The molecule has 16 heavy (non-hydrogen) atoms. The number of aromatic nitrogens is 2. The van der Waals surface area contributed by atoms with Crippen LogP contribution in [0.3, 0.4) is 0 Å². The number of imidazole rings is 1. The molecule has 0 radical (unpaired) electrons. The van der Waals surface area contributed by atoms with E-state index in [1.54, 1.807) is 13.3 Å². The van der Waals surface area contributed by atoms with Crippen LogP contribution in [0.4, 0.5) is 0 Å². The Balaban J connectivity index is 2.55. The number of H-pyrrole nitrogens is 1. The van der Waals surface area contributed by atoms with Gasteiger partial charge in [0.2, 0.25) is 0 Å². The van der Waals surface area contributed by atoms with Gasteiger partial charge in [0.15, 0.2) is 5.28 Å². The first-order chi connectivity index (χ1) is 7.63. The summed E-state index contributed by atoms with van der Waals surface area (Å²) in [5, 5.41) is 0.405. The summed E-state index contributed by atoms with van der Waals surface area (Å²) in [6.07, 6.45) is 1.73. The fourth-order valence-corrected chi connectivity index (χ4v) is 1.89. The standard InChI is InChI=1S/C12H13ClN2O/c1-7-8(2)11(16-3)5-4-9(7)10-6-14-12(13)15-10/h4-6H,1-3H3,(H,14,15). The number of ether oxygens (including phenoxy) is 1. The van der Waals surface area contributed by atoms with E-state index in [-0.39, 0.29) is 0 Å². The summed E-state index contributed by atoms with van der Waals surface area (Å²) in [4.78, 5) is 7.00. The normalized spacial score (nSPS) is 10.5. The van der Waals surface area contributed by atoms with E-state index in [4.69, 9.17) is 16.3 Å². The predicted molar refractivity (Wildman–Crippen MR) is 65.1 cm³/mol. The SMILES string of the molecule is COc1ccc(-c2cnc(Cl)[nH]2)c(C)c1C. The highest BCUT2D eigenvalue weighted by Gasteiger charge is 2.09. The summed E-state index contributed by atoms with van der Waals surface area (Å²) < 4.78 is 5.27. The number of methoxy groups -OCH3 is 1. The van der Waals surface area contributed by atoms with Gasteiger partial charge >= 0.3 is 0 Å². The zero-order valence-electron chi connectivity index (χ0n) is 9.47. The van der Waals surface area contributed by atoms with Gasteiger partial charge in [0, 0.05) is 5.56 Å². The van der Waals surface area contributed by atoms with Crippen LogP contribution in [0, 0.1) is 13.8 Å². The lowest BCUT2D eigenvalue weighted by atomic mass is 10.0. The molecule has 2 rings (SSSR count). The lowest BCUT2D eigenvalue weighted by molar-refractivity contribution is 0.411. The quantitative estimate of drug-likeness (QED) is 0.868. The molecule has 84 valence electrons. The Kier molecular flexibility index (Phi) is 2.88. The van der Waals surface area contributed by atoms with E-state index in [1.165, 1.54) is 5.56 Å². The van der Waals surface area contributed by atoms with Crippen LogP contribution < -0.4 is 4.74 Å². The van der Waals surface area contributed by atoms with Crippen LogP contribution in [0.1, 0.15) is 11.1 Å². The largest absolute Gasteiger partial charge is 0.496 e. The monoisotopic (exact) mass is 236 g/mol. The van der Waals surface area contributed by atoms with E-state index in [0.29, 0.717) is 5.28 Å². The van der Waals surface area contributed by atoms with Crippen molar-refractivity contribution in [2.75, 3.05) is 7.11 Å². The Labute approximate surface area is 99.4 Å². The topological polar surface area (TPSA) is 37.9 Å². The van der Waals surface area contributed by atoms with Crippen molar-refractivity contribution >= 4 is 11.6 Å². The van der Waals surface area contributed by atoms with Crippen LogP contribution in [-0.2, 0) is 0 Å². The molecule has 0 saturated heterocycles. The van der Waals surface area contributed by atoms with E-state index < -0.39 is 0 Å². The molecule has 1 N–H and O–H groups in total. The van der Waals surface area contributed by atoms with Crippen LogP contribution in [0.5, 0.6) is 5.75 Å². The van der Waals surface area contributed by atoms with Crippen molar-refractivity contribution in [3.05, 3.63) is 34.7 Å². The molecular weight excluding hydrogens is 224 g/mol. The molecule has 3 nitrogen and oxygen atoms in total. The van der Waals surface area contributed by atoms with Gasteiger partial charge in [-0.3, -0.25) is 0 Å². The summed E-state index contributed by atoms with van der Waals surface area (Å²) in [6.45, 7) is 4.09. The first-order valence-corrected chi connectivity index (χ1v) is 5.36. The minimum atomic E-state index is 0.405. The number of aromatic amines is 1. The number of halogens is 1. The van der Waals surface area contributed by atoms with Crippen molar-refractivity contribution < 1.29 is 4.74 Å². The molecule has 1 heterocycles. The summed E-state index contributed by atoms with van der Waals surface area (Å²) >= 11 is 5.77. The van der Waals surface area contributed by atoms with Crippen LogP contribution >= 0.6 is 11.6 Å². The van der Waals surface area contributed by atoms with Gasteiger partial charge in [-0.15, -0.1) is 0 Å². The van der Waals surface area contributed by atoms with Gasteiger partial charge in [0.1, 0.15) is 5.75 Å². The van der Waals surface area contributed by atoms with Crippen molar-refractivity contribution in [3.63, 3.8) is 0 Å². The Hall–Kier alpha value is -1.48. The second-order valence-corrected chi connectivity index (χ2v) is 4.01. The zero-order chi connectivity index (χ0) is 11.7. The number of benzene rings is 1. The van der Waals surface area contributed by atoms with Gasteiger partial charge in [-0.2, -0.15) is 0 Å². The molecule has 4 heteroatoms. The van der Waals surface area contributed by atoms with Crippen molar-refractivity contribution in [1.29, 1.82) is 0 Å². The maximum atomic E-state index is 5.77. The fourth-order valence-electron chi connectivity index (χ4n) is 1.74. The number of hydrogen-bond acceptors (Lipinski definition) is 2.